The number of aromatic nitrogens is 1. The first-order valence-electron chi connectivity index (χ1n) is 3.99. The molecule has 1 atom stereocenters. The fourth-order valence-corrected chi connectivity index (χ4v) is 1.08. The van der Waals surface area contributed by atoms with Crippen LogP contribution < -0.4 is 0 Å². The van der Waals surface area contributed by atoms with Crippen molar-refractivity contribution in [2.24, 2.45) is 0 Å². The van der Waals surface area contributed by atoms with E-state index < -0.39 is 30.8 Å². The number of hydrogen-bond donors (Lipinski definition) is 1. The van der Waals surface area contributed by atoms with E-state index in [0.717, 1.165) is 23.0 Å². The Kier molecular flexibility index (Phi) is 3.33. The molecule has 15 heavy (non-hydrogen) atoms. The van der Waals surface area contributed by atoms with Gasteiger partial charge in [0, 0.05) is 18.0 Å². The first-order valence-corrected chi connectivity index (χ1v) is 3.99. The predicted octanol–water partition coefficient (Wildman–Crippen LogP) is 2.35. The second kappa shape index (κ2) is 4.18. The lowest BCUT2D eigenvalue weighted by Gasteiger charge is -2.12. The summed E-state index contributed by atoms with van der Waals surface area (Å²) >= 11 is 0. The van der Waals surface area contributed by atoms with Gasteiger partial charge in [0.2, 0.25) is 0 Å². The minimum atomic E-state index is -4.78. The Morgan fingerprint density at radius 1 is 1.33 bits per heavy atom. The van der Waals surface area contributed by atoms with E-state index in [1.54, 1.807) is 0 Å². The van der Waals surface area contributed by atoms with Gasteiger partial charge in [-0.25, -0.2) is 8.78 Å². The summed E-state index contributed by atoms with van der Waals surface area (Å²) in [6.07, 6.45) is -8.14. The molecular formula is C8H8F5NO. The van der Waals surface area contributed by atoms with Crippen molar-refractivity contribution in [2.75, 3.05) is 0 Å². The van der Waals surface area contributed by atoms with Crippen LogP contribution in [-0.2, 0) is 6.54 Å². The molecule has 1 unspecified atom stereocenters. The van der Waals surface area contributed by atoms with Crippen LogP contribution in [0, 0.1) is 0 Å². The zero-order valence-corrected chi connectivity index (χ0v) is 7.38. The van der Waals surface area contributed by atoms with Gasteiger partial charge in [-0.15, -0.1) is 0 Å². The number of alkyl halides is 5. The molecule has 2 nitrogen and oxygen atoms in total. The summed E-state index contributed by atoms with van der Waals surface area (Å²) in [7, 11) is 0. The van der Waals surface area contributed by atoms with Crippen LogP contribution in [-0.4, -0.2) is 22.3 Å². The molecule has 0 aliphatic carbocycles. The molecular weight excluding hydrogens is 221 g/mol. The molecule has 1 rings (SSSR count). The summed E-state index contributed by atoms with van der Waals surface area (Å²) < 4.78 is 60.6. The van der Waals surface area contributed by atoms with Crippen LogP contribution in [0.3, 0.4) is 0 Å². The van der Waals surface area contributed by atoms with E-state index >= 15 is 0 Å². The van der Waals surface area contributed by atoms with Gasteiger partial charge in [-0.1, -0.05) is 0 Å². The summed E-state index contributed by atoms with van der Waals surface area (Å²) in [6.45, 7) is -0.690. The Balaban J connectivity index is 2.76. The van der Waals surface area contributed by atoms with Crippen molar-refractivity contribution in [3.8, 4) is 0 Å². The molecule has 1 aromatic heterocycles. The van der Waals surface area contributed by atoms with Crippen molar-refractivity contribution in [3.05, 3.63) is 24.0 Å². The van der Waals surface area contributed by atoms with Gasteiger partial charge < -0.3 is 9.67 Å². The number of hydrogen-bond acceptors (Lipinski definition) is 1. The molecule has 1 heterocycles. The lowest BCUT2D eigenvalue weighted by atomic mass is 10.2. The quantitative estimate of drug-likeness (QED) is 0.791. The zero-order valence-electron chi connectivity index (χ0n) is 7.38. The summed E-state index contributed by atoms with van der Waals surface area (Å²) in [6, 6.07) is 0.959. The molecule has 0 amide bonds. The normalized spacial score (nSPS) is 14.6. The lowest BCUT2D eigenvalue weighted by Crippen LogP contribution is -2.19. The fraction of sp³-hybridized carbons (Fsp3) is 0.500. The largest absolute Gasteiger partial charge is 0.418 e. The number of aliphatic hydroxyl groups is 1. The van der Waals surface area contributed by atoms with Crippen LogP contribution in [0.1, 0.15) is 11.7 Å². The van der Waals surface area contributed by atoms with Crippen LogP contribution in [0.15, 0.2) is 18.5 Å². The van der Waals surface area contributed by atoms with Crippen LogP contribution >= 0.6 is 0 Å². The van der Waals surface area contributed by atoms with E-state index in [0.29, 0.717) is 0 Å². The molecule has 0 bridgehead atoms. The van der Waals surface area contributed by atoms with Crippen LogP contribution in [0.2, 0.25) is 0 Å². The van der Waals surface area contributed by atoms with Crippen molar-refractivity contribution in [3.63, 3.8) is 0 Å². The third kappa shape index (κ3) is 3.19. The first kappa shape index (κ1) is 12.0. The summed E-state index contributed by atoms with van der Waals surface area (Å²) in [5, 5.41) is 8.78. The molecule has 0 saturated carbocycles. The monoisotopic (exact) mass is 229 g/mol. The van der Waals surface area contributed by atoms with Gasteiger partial charge in [0.05, 0.1) is 6.54 Å². The Morgan fingerprint density at radius 3 is 2.40 bits per heavy atom. The number of rotatable bonds is 3. The molecule has 0 aliphatic rings. The van der Waals surface area contributed by atoms with E-state index in [1.807, 2.05) is 0 Å². The van der Waals surface area contributed by atoms with Crippen molar-refractivity contribution < 1.29 is 27.1 Å². The van der Waals surface area contributed by atoms with Crippen LogP contribution in [0.4, 0.5) is 22.0 Å². The number of nitrogens with zero attached hydrogens (tertiary/aromatic N) is 1. The van der Waals surface area contributed by atoms with Crippen LogP contribution in [0.5, 0.6) is 0 Å². The minimum Gasteiger partial charge on any atom is -0.379 e. The highest BCUT2D eigenvalue weighted by Gasteiger charge is 2.39. The maximum Gasteiger partial charge on any atom is 0.418 e. The maximum absolute atomic E-state index is 12.0. The third-order valence-electron chi connectivity index (χ3n) is 1.75. The first-order chi connectivity index (χ1) is 6.80. The smallest absolute Gasteiger partial charge is 0.379 e. The van der Waals surface area contributed by atoms with Gasteiger partial charge >= 0.3 is 6.18 Å². The van der Waals surface area contributed by atoms with Gasteiger partial charge in [-0.3, -0.25) is 0 Å². The van der Waals surface area contributed by atoms with E-state index in [9.17, 15) is 22.0 Å². The Morgan fingerprint density at radius 2 is 1.93 bits per heavy atom. The zero-order chi connectivity index (χ0) is 11.6. The van der Waals surface area contributed by atoms with Gasteiger partial charge in [0.1, 0.15) is 0 Å². The molecule has 0 aromatic carbocycles. The summed E-state index contributed by atoms with van der Waals surface area (Å²) in [4.78, 5) is 0. The Hall–Kier alpha value is -1.11. The topological polar surface area (TPSA) is 25.2 Å². The molecule has 0 spiro atoms. The van der Waals surface area contributed by atoms with Gasteiger partial charge in [-0.05, 0) is 6.07 Å². The standard InChI is InChI=1S/C8H8F5NO/c9-6(10)4-14-2-1-5(3-14)7(15)8(11,12)13/h1-3,6-7,15H,4H2. The van der Waals surface area contributed by atoms with E-state index in [-0.39, 0.29) is 0 Å². The van der Waals surface area contributed by atoms with Crippen molar-refractivity contribution >= 4 is 0 Å². The van der Waals surface area contributed by atoms with Gasteiger partial charge in [0.25, 0.3) is 6.43 Å². The Bertz CT molecular complexity index is 319. The van der Waals surface area contributed by atoms with E-state index in [1.165, 1.54) is 0 Å². The molecule has 7 heteroatoms. The predicted molar refractivity (Wildman–Crippen MR) is 41.5 cm³/mol. The maximum atomic E-state index is 12.0. The van der Waals surface area contributed by atoms with Gasteiger partial charge in [0.15, 0.2) is 6.10 Å². The fourth-order valence-electron chi connectivity index (χ4n) is 1.08. The molecule has 0 saturated heterocycles. The average Bonchev–Trinajstić information content (AvgIpc) is 2.48. The molecule has 1 aromatic rings. The molecule has 1 N–H and O–H groups in total. The summed E-state index contributed by atoms with van der Waals surface area (Å²) in [5.74, 6) is 0. The lowest BCUT2D eigenvalue weighted by molar-refractivity contribution is -0.206. The SMILES string of the molecule is OC(c1ccn(CC(F)F)c1)C(F)(F)F. The highest BCUT2D eigenvalue weighted by atomic mass is 19.4. The Labute approximate surface area is 81.9 Å². The van der Waals surface area contributed by atoms with Crippen molar-refractivity contribution in [2.45, 2.75) is 25.3 Å². The highest BCUT2D eigenvalue weighted by Crippen LogP contribution is 2.32. The second-order valence-corrected chi connectivity index (χ2v) is 2.98. The molecule has 86 valence electrons. The van der Waals surface area contributed by atoms with Crippen LogP contribution in [0.25, 0.3) is 0 Å². The second-order valence-electron chi connectivity index (χ2n) is 2.98. The number of halogens is 5. The van der Waals surface area contributed by atoms with Crippen molar-refractivity contribution in [1.29, 1.82) is 0 Å². The van der Waals surface area contributed by atoms with E-state index in [4.69, 9.17) is 5.11 Å². The minimum absolute atomic E-state index is 0.442. The molecule has 0 radical (unpaired) electrons. The molecule has 0 aliphatic heterocycles. The number of aliphatic hydroxyl groups excluding tert-OH is 1. The highest BCUT2D eigenvalue weighted by molar-refractivity contribution is 5.15. The molecule has 0 fully saturated rings. The van der Waals surface area contributed by atoms with E-state index in [2.05, 4.69) is 0 Å². The third-order valence-corrected chi connectivity index (χ3v) is 1.75. The van der Waals surface area contributed by atoms with Gasteiger partial charge in [-0.2, -0.15) is 13.2 Å². The van der Waals surface area contributed by atoms with Crippen molar-refractivity contribution in [1.82, 2.24) is 4.57 Å². The average molecular weight is 229 g/mol. The summed E-state index contributed by atoms with van der Waals surface area (Å²) in [5.41, 5.74) is -0.442.